The summed E-state index contributed by atoms with van der Waals surface area (Å²) in [6.07, 6.45) is 86.5. The summed E-state index contributed by atoms with van der Waals surface area (Å²) < 4.78 is 68.3. The number of phosphoric ester groups is 2. The van der Waals surface area contributed by atoms with Crippen LogP contribution in [0.1, 0.15) is 272 Å². The highest BCUT2D eigenvalue weighted by Crippen LogP contribution is 2.45. The molecule has 17 nitrogen and oxygen atoms in total. The molecular weight excluding hydrogens is 1330 g/mol. The van der Waals surface area contributed by atoms with Gasteiger partial charge in [0.2, 0.25) is 0 Å². The normalized spacial score (nSPS) is 14.9. The minimum absolute atomic E-state index is 0.0287. The summed E-state index contributed by atoms with van der Waals surface area (Å²) in [6, 6.07) is 0. The van der Waals surface area contributed by atoms with Crippen molar-refractivity contribution in [2.45, 2.75) is 290 Å². The number of carbonyl (C=O) groups is 4. The molecule has 0 aromatic rings. The molecule has 578 valence electrons. The van der Waals surface area contributed by atoms with Crippen LogP contribution in [0.5, 0.6) is 0 Å². The number of aliphatic hydroxyl groups excluding tert-OH is 1. The molecule has 0 saturated heterocycles. The predicted molar refractivity (Wildman–Crippen MR) is 417 cm³/mol. The lowest BCUT2D eigenvalue weighted by molar-refractivity contribution is -0.161. The van der Waals surface area contributed by atoms with Gasteiger partial charge < -0.3 is 33.8 Å². The van der Waals surface area contributed by atoms with E-state index in [4.69, 9.17) is 37.0 Å². The lowest BCUT2D eigenvalue weighted by Gasteiger charge is -2.21. The van der Waals surface area contributed by atoms with Gasteiger partial charge in [-0.15, -0.1) is 0 Å². The van der Waals surface area contributed by atoms with Gasteiger partial charge in [-0.05, 0) is 154 Å². The Balaban J connectivity index is 5.44. The van der Waals surface area contributed by atoms with Gasteiger partial charge in [0, 0.05) is 25.7 Å². The molecule has 0 aliphatic carbocycles. The van der Waals surface area contributed by atoms with E-state index >= 15 is 0 Å². The minimum Gasteiger partial charge on any atom is -0.462 e. The van der Waals surface area contributed by atoms with Crippen molar-refractivity contribution in [3.63, 3.8) is 0 Å². The van der Waals surface area contributed by atoms with Crippen LogP contribution in [-0.4, -0.2) is 96.7 Å². The molecule has 5 atom stereocenters. The molecule has 0 aromatic heterocycles. The highest BCUT2D eigenvalue weighted by atomic mass is 31.2. The van der Waals surface area contributed by atoms with Crippen molar-refractivity contribution >= 4 is 39.5 Å². The minimum atomic E-state index is -5.00. The average Bonchev–Trinajstić information content (AvgIpc) is 0.926. The van der Waals surface area contributed by atoms with Crippen molar-refractivity contribution in [1.29, 1.82) is 0 Å². The highest BCUT2D eigenvalue weighted by Gasteiger charge is 2.30. The third-order valence-corrected chi connectivity index (χ3v) is 17.1. The molecule has 0 rings (SSSR count). The van der Waals surface area contributed by atoms with Crippen LogP contribution in [0.3, 0.4) is 0 Å². The molecule has 0 amide bonds. The number of aliphatic hydroxyl groups is 1. The van der Waals surface area contributed by atoms with Crippen molar-refractivity contribution in [2.75, 3.05) is 39.6 Å². The number of hydrogen-bond acceptors (Lipinski definition) is 15. The lowest BCUT2D eigenvalue weighted by atomic mass is 10.1. The Morgan fingerprint density at radius 3 is 0.853 bits per heavy atom. The van der Waals surface area contributed by atoms with Gasteiger partial charge in [0.25, 0.3) is 0 Å². The van der Waals surface area contributed by atoms with Gasteiger partial charge in [-0.1, -0.05) is 262 Å². The zero-order valence-corrected chi connectivity index (χ0v) is 64.8. The van der Waals surface area contributed by atoms with Crippen molar-refractivity contribution < 1.29 is 80.2 Å². The summed E-state index contributed by atoms with van der Waals surface area (Å²) in [6.45, 7) is 4.32. The number of hydrogen-bond donors (Lipinski definition) is 3. The first kappa shape index (κ1) is 96.4. The Morgan fingerprint density at radius 1 is 0.284 bits per heavy atom. The van der Waals surface area contributed by atoms with Crippen LogP contribution in [0, 0.1) is 0 Å². The van der Waals surface area contributed by atoms with Gasteiger partial charge in [0.15, 0.2) is 12.2 Å². The summed E-state index contributed by atoms with van der Waals surface area (Å²) in [5, 5.41) is 10.6. The number of rotatable bonds is 70. The zero-order chi connectivity index (χ0) is 74.6. The second-order valence-electron chi connectivity index (χ2n) is 24.8. The van der Waals surface area contributed by atoms with Crippen LogP contribution in [0.25, 0.3) is 0 Å². The fraction of sp³-hybridized carbons (Fsp3) is 0.614. The van der Waals surface area contributed by atoms with Crippen LogP contribution in [-0.2, 0) is 65.4 Å². The second-order valence-corrected chi connectivity index (χ2v) is 27.7. The van der Waals surface area contributed by atoms with E-state index in [2.05, 4.69) is 180 Å². The lowest BCUT2D eigenvalue weighted by Crippen LogP contribution is -2.30. The maximum Gasteiger partial charge on any atom is 0.472 e. The molecule has 0 radical (unpaired) electrons. The molecular formula is C83H134O17P2. The molecule has 19 heteroatoms. The highest BCUT2D eigenvalue weighted by molar-refractivity contribution is 7.47. The average molecular weight is 1470 g/mol. The van der Waals surface area contributed by atoms with Gasteiger partial charge in [0.05, 0.1) is 26.4 Å². The number of ether oxygens (including phenoxy) is 4. The SMILES string of the molecule is CC/C=C\C/C=C\C/C=C\C/C=C\C/C=C\C/C=C\CCC(=O)OCC(COP(=O)(O)OCC(O)COP(=O)(O)OCC(COC(=O)CCCCCC/C=C\C/C=C\C/C=C\C/C=C\CC)OC(=O)CCCCCCC/C=C\C/C=C\C/C=C\CC)OC(=O)CCCCCCC/C=C\CCCC. The smallest absolute Gasteiger partial charge is 0.462 e. The van der Waals surface area contributed by atoms with E-state index in [1.54, 1.807) is 0 Å². The number of phosphoric acid groups is 2. The van der Waals surface area contributed by atoms with Crippen LogP contribution in [0.15, 0.2) is 170 Å². The topological polar surface area (TPSA) is 237 Å². The van der Waals surface area contributed by atoms with E-state index < -0.39 is 97.5 Å². The first-order valence-corrected chi connectivity index (χ1v) is 41.4. The second kappa shape index (κ2) is 73.7. The van der Waals surface area contributed by atoms with E-state index in [-0.39, 0.29) is 25.7 Å². The van der Waals surface area contributed by atoms with Gasteiger partial charge >= 0.3 is 39.5 Å². The molecule has 0 fully saturated rings. The first-order valence-electron chi connectivity index (χ1n) is 38.4. The molecule has 0 saturated carbocycles. The van der Waals surface area contributed by atoms with Gasteiger partial charge in [0.1, 0.15) is 19.3 Å². The van der Waals surface area contributed by atoms with E-state index in [1.807, 2.05) is 18.2 Å². The van der Waals surface area contributed by atoms with Crippen molar-refractivity contribution in [3.8, 4) is 0 Å². The monoisotopic (exact) mass is 1460 g/mol. The molecule has 0 spiro atoms. The van der Waals surface area contributed by atoms with Crippen LogP contribution < -0.4 is 0 Å². The molecule has 0 heterocycles. The Morgan fingerprint density at radius 2 is 0.529 bits per heavy atom. The van der Waals surface area contributed by atoms with Gasteiger partial charge in [-0.25, -0.2) is 9.13 Å². The predicted octanol–water partition coefficient (Wildman–Crippen LogP) is 22.2. The summed E-state index contributed by atoms with van der Waals surface area (Å²) in [5.74, 6) is -2.34. The Labute approximate surface area is 616 Å². The largest absolute Gasteiger partial charge is 0.472 e. The number of unbranched alkanes of at least 4 members (excludes halogenated alkanes) is 16. The van der Waals surface area contributed by atoms with E-state index in [9.17, 15) is 43.2 Å². The van der Waals surface area contributed by atoms with Crippen molar-refractivity contribution in [1.82, 2.24) is 0 Å². The maximum absolute atomic E-state index is 13.1. The molecule has 0 aliphatic heterocycles. The van der Waals surface area contributed by atoms with Crippen LogP contribution in [0.2, 0.25) is 0 Å². The fourth-order valence-electron chi connectivity index (χ4n) is 9.41. The molecule has 102 heavy (non-hydrogen) atoms. The summed E-state index contributed by atoms with van der Waals surface area (Å²) in [5.41, 5.74) is 0. The standard InChI is InChI=1S/C83H134O17P2/c1-5-9-13-17-21-25-29-32-35-37-38-40-43-45-49-52-56-60-64-68-80(85)93-73-78(99-82(87)69-65-61-57-53-47-28-24-20-16-12-8-4)75-97-101(89,90)95-71-77(84)72-96-102(91,92)98-76-79(100-83(88)70-66-62-58-54-50-46-41-34-31-27-23-19-15-11-7-3)74-94-81(86)67-63-59-55-51-48-44-42-39-36-33-30-26-22-18-14-10-6-2/h9-11,13-15,20-27,32-36,38,40-42,44-45,49,56,60,77-79,84H,5-8,12,16-19,28-31,37,39,43,46-48,50-55,57-59,61-76H2,1-4H3,(H,89,90)(H,91,92)/b13-9-,14-10-,15-11-,24-20-,25-21-,26-22-,27-23-,35-32-,36-33-,40-38-,41-34-,44-42-,49-45-,60-56-. The van der Waals surface area contributed by atoms with Crippen LogP contribution in [0.4, 0.5) is 0 Å². The maximum atomic E-state index is 13.1. The number of carbonyl (C=O) groups excluding carboxylic acids is 4. The van der Waals surface area contributed by atoms with Crippen molar-refractivity contribution in [2.24, 2.45) is 0 Å². The summed E-state index contributed by atoms with van der Waals surface area (Å²) in [4.78, 5) is 72.8. The van der Waals surface area contributed by atoms with Gasteiger partial charge in [-0.2, -0.15) is 0 Å². The Bertz CT molecular complexity index is 2600. The molecule has 0 aliphatic rings. The van der Waals surface area contributed by atoms with Crippen molar-refractivity contribution in [3.05, 3.63) is 170 Å². The van der Waals surface area contributed by atoms with E-state index in [0.717, 1.165) is 180 Å². The van der Waals surface area contributed by atoms with E-state index in [0.29, 0.717) is 32.1 Å². The third kappa shape index (κ3) is 72.8. The summed E-state index contributed by atoms with van der Waals surface area (Å²) in [7, 11) is -10.00. The Kier molecular flexibility index (Phi) is 69.7. The van der Waals surface area contributed by atoms with Gasteiger partial charge in [-0.3, -0.25) is 37.3 Å². The number of esters is 4. The third-order valence-electron chi connectivity index (χ3n) is 15.2. The molecule has 3 N–H and O–H groups in total. The quantitative estimate of drug-likeness (QED) is 0.0169. The van der Waals surface area contributed by atoms with E-state index in [1.165, 1.54) is 6.42 Å². The fourth-order valence-corrected chi connectivity index (χ4v) is 11.0. The molecule has 0 aromatic carbocycles. The number of allylic oxidation sites excluding steroid dienone is 28. The molecule has 0 bridgehead atoms. The summed E-state index contributed by atoms with van der Waals surface area (Å²) >= 11 is 0. The zero-order valence-electron chi connectivity index (χ0n) is 63.0. The first-order chi connectivity index (χ1) is 49.7. The van der Waals surface area contributed by atoms with Crippen LogP contribution >= 0.6 is 15.6 Å². The molecule has 5 unspecified atom stereocenters. The Hall–Kier alpha value is -5.58.